The second-order valence-corrected chi connectivity index (χ2v) is 6.43. The molecule has 2 fully saturated rings. The van der Waals surface area contributed by atoms with E-state index in [4.69, 9.17) is 0 Å². The van der Waals surface area contributed by atoms with Gasteiger partial charge in [0.1, 0.15) is 0 Å². The van der Waals surface area contributed by atoms with Crippen LogP contribution in [0, 0.1) is 11.3 Å². The first kappa shape index (κ1) is 14.1. The zero-order valence-corrected chi connectivity index (χ0v) is 12.9. The van der Waals surface area contributed by atoms with Gasteiger partial charge in [-0.05, 0) is 31.0 Å². The Balaban J connectivity index is 1.54. The van der Waals surface area contributed by atoms with Crippen LogP contribution < -0.4 is 10.2 Å². The lowest BCUT2D eigenvalue weighted by molar-refractivity contribution is -0.124. The van der Waals surface area contributed by atoms with Crippen molar-refractivity contribution in [2.45, 2.75) is 19.3 Å². The normalized spacial score (nSPS) is 21.9. The highest BCUT2D eigenvalue weighted by Gasteiger charge is 2.53. The Morgan fingerprint density at radius 2 is 2.04 bits per heavy atom. The molecule has 1 spiro atoms. The maximum Gasteiger partial charge on any atom is 0.229 e. The molecule has 1 aliphatic carbocycles. The quantitative estimate of drug-likeness (QED) is 0.940. The van der Waals surface area contributed by atoms with Crippen LogP contribution in [0.2, 0.25) is 0 Å². The molecule has 2 aromatic heterocycles. The topological polar surface area (TPSA) is 71.0 Å². The van der Waals surface area contributed by atoms with E-state index in [9.17, 15) is 4.79 Å². The minimum atomic E-state index is -0.0275. The fraction of sp³-hybridized carbons (Fsp3) is 0.412. The van der Waals surface area contributed by atoms with Gasteiger partial charge in [0, 0.05) is 37.1 Å². The second kappa shape index (κ2) is 5.61. The van der Waals surface area contributed by atoms with Crippen molar-refractivity contribution in [3.8, 4) is 0 Å². The zero-order chi connectivity index (χ0) is 15.7. The van der Waals surface area contributed by atoms with Crippen molar-refractivity contribution in [2.75, 3.05) is 23.3 Å². The minimum Gasteiger partial charge on any atom is -0.339 e. The Labute approximate surface area is 135 Å². The number of carbonyl (C=O) groups excluding carboxylic acids is 1. The molecule has 0 radical (unpaired) electrons. The van der Waals surface area contributed by atoms with E-state index in [1.165, 1.54) is 6.42 Å². The maximum absolute atomic E-state index is 12.8. The van der Waals surface area contributed by atoms with E-state index in [0.717, 1.165) is 31.0 Å². The Kier molecular flexibility index (Phi) is 3.44. The summed E-state index contributed by atoms with van der Waals surface area (Å²) in [6.45, 7) is 1.54. The van der Waals surface area contributed by atoms with Crippen LogP contribution in [0.4, 0.5) is 11.6 Å². The largest absolute Gasteiger partial charge is 0.339 e. The van der Waals surface area contributed by atoms with Crippen molar-refractivity contribution in [3.05, 3.63) is 43.0 Å². The monoisotopic (exact) mass is 309 g/mol. The highest BCUT2D eigenvalue weighted by molar-refractivity contribution is 5.93. The molecular formula is C17H19N5O. The predicted octanol–water partition coefficient (Wildman–Crippen LogP) is 2.12. The molecule has 6 heteroatoms. The third-order valence-corrected chi connectivity index (χ3v) is 5.08. The summed E-state index contributed by atoms with van der Waals surface area (Å²) >= 11 is 0. The van der Waals surface area contributed by atoms with E-state index in [2.05, 4.69) is 25.2 Å². The molecule has 3 heterocycles. The number of nitrogens with one attached hydrogen (secondary N) is 1. The summed E-state index contributed by atoms with van der Waals surface area (Å²) < 4.78 is 0. The Morgan fingerprint density at radius 3 is 2.70 bits per heavy atom. The predicted molar refractivity (Wildman–Crippen MR) is 86.9 cm³/mol. The minimum absolute atomic E-state index is 0.0275. The number of nitrogens with zero attached hydrogens (tertiary/aromatic N) is 4. The van der Waals surface area contributed by atoms with Gasteiger partial charge in [0.2, 0.25) is 11.9 Å². The van der Waals surface area contributed by atoms with Crippen molar-refractivity contribution in [1.29, 1.82) is 0 Å². The molecule has 1 aliphatic heterocycles. The lowest BCUT2D eigenvalue weighted by atomic mass is 9.62. The van der Waals surface area contributed by atoms with Gasteiger partial charge in [0.25, 0.3) is 0 Å². The molecule has 2 aromatic rings. The number of anilines is 2. The lowest BCUT2D eigenvalue weighted by Gasteiger charge is -2.41. The van der Waals surface area contributed by atoms with Crippen LogP contribution in [0.1, 0.15) is 19.3 Å². The third kappa shape index (κ3) is 2.54. The third-order valence-electron chi connectivity index (χ3n) is 5.08. The number of carbonyl (C=O) groups is 1. The van der Waals surface area contributed by atoms with Gasteiger partial charge in [-0.2, -0.15) is 0 Å². The maximum atomic E-state index is 12.8. The number of pyridine rings is 1. The summed E-state index contributed by atoms with van der Waals surface area (Å²) in [5.74, 6) is 0.770. The number of aromatic nitrogens is 3. The Morgan fingerprint density at radius 1 is 1.22 bits per heavy atom. The first-order valence-electron chi connectivity index (χ1n) is 8.00. The Hall–Kier alpha value is -2.50. The molecular weight excluding hydrogens is 290 g/mol. The van der Waals surface area contributed by atoms with Crippen LogP contribution in [0.15, 0.2) is 43.0 Å². The van der Waals surface area contributed by atoms with Gasteiger partial charge in [0.05, 0.1) is 17.8 Å². The molecule has 6 nitrogen and oxygen atoms in total. The van der Waals surface area contributed by atoms with Crippen molar-refractivity contribution in [3.63, 3.8) is 0 Å². The standard InChI is InChI=1S/C17H19N5O/c23-15(21-13-4-1-7-18-10-13)14-11-22(12-17(14)5-2-6-17)16-19-8-3-9-20-16/h1,3-4,7-10,14H,2,5-6,11-12H2,(H,21,23). The van der Waals surface area contributed by atoms with Crippen LogP contribution in [-0.4, -0.2) is 33.9 Å². The highest BCUT2D eigenvalue weighted by atomic mass is 16.2. The highest BCUT2D eigenvalue weighted by Crippen LogP contribution is 2.52. The smallest absolute Gasteiger partial charge is 0.229 e. The first-order valence-corrected chi connectivity index (χ1v) is 8.00. The molecule has 1 saturated carbocycles. The zero-order valence-electron chi connectivity index (χ0n) is 12.9. The van der Waals surface area contributed by atoms with Crippen LogP contribution in [-0.2, 0) is 4.79 Å². The fourth-order valence-electron chi connectivity index (χ4n) is 3.74. The van der Waals surface area contributed by atoms with Gasteiger partial charge >= 0.3 is 0 Å². The first-order chi connectivity index (χ1) is 11.3. The number of hydrogen-bond acceptors (Lipinski definition) is 5. The van der Waals surface area contributed by atoms with Gasteiger partial charge < -0.3 is 10.2 Å². The molecule has 0 aromatic carbocycles. The van der Waals surface area contributed by atoms with Gasteiger partial charge in [-0.15, -0.1) is 0 Å². The van der Waals surface area contributed by atoms with Gasteiger partial charge in [-0.3, -0.25) is 9.78 Å². The van der Waals surface area contributed by atoms with Crippen molar-refractivity contribution >= 4 is 17.5 Å². The number of hydrogen-bond donors (Lipinski definition) is 1. The van der Waals surface area contributed by atoms with Crippen LogP contribution in [0.3, 0.4) is 0 Å². The van der Waals surface area contributed by atoms with E-state index >= 15 is 0 Å². The van der Waals surface area contributed by atoms with E-state index in [1.54, 1.807) is 24.8 Å². The van der Waals surface area contributed by atoms with Crippen molar-refractivity contribution < 1.29 is 4.79 Å². The van der Waals surface area contributed by atoms with Gasteiger partial charge in [-0.25, -0.2) is 9.97 Å². The second-order valence-electron chi connectivity index (χ2n) is 6.43. The molecule has 118 valence electrons. The van der Waals surface area contributed by atoms with E-state index < -0.39 is 0 Å². The molecule has 1 saturated heterocycles. The lowest BCUT2D eigenvalue weighted by Crippen LogP contribution is -2.43. The molecule has 1 N–H and O–H groups in total. The molecule has 1 amide bonds. The SMILES string of the molecule is O=C(Nc1cccnc1)C1CN(c2ncccn2)CC12CCC2. The summed E-state index contributed by atoms with van der Waals surface area (Å²) in [6.07, 6.45) is 10.3. The van der Waals surface area contributed by atoms with Crippen LogP contribution >= 0.6 is 0 Å². The van der Waals surface area contributed by atoms with Crippen molar-refractivity contribution in [2.24, 2.45) is 11.3 Å². The van der Waals surface area contributed by atoms with E-state index in [0.29, 0.717) is 6.54 Å². The summed E-state index contributed by atoms with van der Waals surface area (Å²) in [4.78, 5) is 27.7. The van der Waals surface area contributed by atoms with Crippen LogP contribution in [0.5, 0.6) is 0 Å². The average molecular weight is 309 g/mol. The molecule has 0 bridgehead atoms. The van der Waals surface area contributed by atoms with Gasteiger partial charge in [-0.1, -0.05) is 6.42 Å². The molecule has 23 heavy (non-hydrogen) atoms. The molecule has 1 unspecified atom stereocenters. The fourth-order valence-corrected chi connectivity index (χ4v) is 3.74. The summed E-state index contributed by atoms with van der Waals surface area (Å²) in [7, 11) is 0. The van der Waals surface area contributed by atoms with E-state index in [1.807, 2.05) is 18.2 Å². The Bertz CT molecular complexity index is 687. The number of amides is 1. The molecule has 1 atom stereocenters. The molecule has 2 aliphatic rings. The number of rotatable bonds is 3. The van der Waals surface area contributed by atoms with Crippen LogP contribution in [0.25, 0.3) is 0 Å². The van der Waals surface area contributed by atoms with Crippen molar-refractivity contribution in [1.82, 2.24) is 15.0 Å². The molecule has 4 rings (SSSR count). The summed E-state index contributed by atoms with van der Waals surface area (Å²) in [5.41, 5.74) is 0.826. The van der Waals surface area contributed by atoms with Gasteiger partial charge in [0.15, 0.2) is 0 Å². The van der Waals surface area contributed by atoms with E-state index in [-0.39, 0.29) is 17.2 Å². The summed E-state index contributed by atoms with van der Waals surface area (Å²) in [6, 6.07) is 5.50. The summed E-state index contributed by atoms with van der Waals surface area (Å²) in [5, 5.41) is 3.01. The average Bonchev–Trinajstić information content (AvgIpc) is 2.98.